The molecule has 1 aromatic carbocycles. The summed E-state index contributed by atoms with van der Waals surface area (Å²) < 4.78 is 7.37. The van der Waals surface area contributed by atoms with Gasteiger partial charge in [0.15, 0.2) is 5.16 Å². The molecule has 0 spiro atoms. The molecule has 0 saturated heterocycles. The van der Waals surface area contributed by atoms with Crippen molar-refractivity contribution in [2.24, 2.45) is 7.05 Å². The molecule has 0 saturated carbocycles. The maximum Gasteiger partial charge on any atom is 0.259 e. The Morgan fingerprint density at radius 3 is 2.42 bits per heavy atom. The Balaban J connectivity index is 1.72. The number of hydrogen-bond acceptors (Lipinski definition) is 5. The molecule has 0 fully saturated rings. The quantitative estimate of drug-likeness (QED) is 0.782. The molecule has 124 valence electrons. The predicted octanol–water partition coefficient (Wildman–Crippen LogP) is 3.74. The second-order valence-corrected chi connectivity index (χ2v) is 6.56. The van der Waals surface area contributed by atoms with Gasteiger partial charge >= 0.3 is 0 Å². The van der Waals surface area contributed by atoms with Gasteiger partial charge in [-0.05, 0) is 56.8 Å². The lowest BCUT2D eigenvalue weighted by Crippen LogP contribution is -2.13. The van der Waals surface area contributed by atoms with Crippen molar-refractivity contribution in [2.45, 2.75) is 30.8 Å². The van der Waals surface area contributed by atoms with E-state index in [2.05, 4.69) is 15.5 Å². The number of aryl methyl sites for hydroxylation is 3. The molecule has 0 bridgehead atoms. The summed E-state index contributed by atoms with van der Waals surface area (Å²) in [5.74, 6) is 1.25. The number of rotatable bonds is 4. The lowest BCUT2D eigenvalue weighted by Gasteiger charge is -2.06. The highest BCUT2D eigenvalue weighted by Crippen LogP contribution is 2.27. The number of carbonyl (C=O) groups excluding carboxylic acids is 1. The molecule has 3 aromatic rings. The molecule has 1 N–H and O–H groups in total. The van der Waals surface area contributed by atoms with Gasteiger partial charge in [-0.15, -0.1) is 10.2 Å². The number of anilines is 1. The summed E-state index contributed by atoms with van der Waals surface area (Å²) in [5.41, 5.74) is 2.21. The monoisotopic (exact) mass is 342 g/mol. The third-order valence-electron chi connectivity index (χ3n) is 3.78. The minimum atomic E-state index is -0.157. The minimum Gasteiger partial charge on any atom is -0.466 e. The SMILES string of the molecule is Cc1oc(C)c(C(=O)Nc2ccc(Sc3nncn3C)cc2)c1C. The van der Waals surface area contributed by atoms with Crippen LogP contribution in [0.4, 0.5) is 5.69 Å². The van der Waals surface area contributed by atoms with Crippen molar-refractivity contribution in [3.63, 3.8) is 0 Å². The zero-order valence-corrected chi connectivity index (χ0v) is 14.8. The van der Waals surface area contributed by atoms with Crippen molar-refractivity contribution in [3.05, 3.63) is 53.2 Å². The van der Waals surface area contributed by atoms with Gasteiger partial charge in [-0.25, -0.2) is 0 Å². The van der Waals surface area contributed by atoms with Crippen molar-refractivity contribution < 1.29 is 9.21 Å². The summed E-state index contributed by atoms with van der Waals surface area (Å²) in [7, 11) is 1.90. The van der Waals surface area contributed by atoms with Crippen LogP contribution in [0.3, 0.4) is 0 Å². The van der Waals surface area contributed by atoms with Crippen LogP contribution in [0, 0.1) is 20.8 Å². The van der Waals surface area contributed by atoms with Crippen molar-refractivity contribution in [1.29, 1.82) is 0 Å². The van der Waals surface area contributed by atoms with E-state index in [9.17, 15) is 4.79 Å². The number of nitrogens with one attached hydrogen (secondary N) is 1. The van der Waals surface area contributed by atoms with Gasteiger partial charge in [0, 0.05) is 23.2 Å². The average molecular weight is 342 g/mol. The predicted molar refractivity (Wildman–Crippen MR) is 92.4 cm³/mol. The van der Waals surface area contributed by atoms with Gasteiger partial charge in [-0.3, -0.25) is 4.79 Å². The molecule has 2 heterocycles. The molecule has 3 rings (SSSR count). The number of benzene rings is 1. The highest BCUT2D eigenvalue weighted by Gasteiger charge is 2.18. The van der Waals surface area contributed by atoms with Crippen LogP contribution in [0.25, 0.3) is 0 Å². The molecular weight excluding hydrogens is 324 g/mol. The first-order valence-corrected chi connectivity index (χ1v) is 8.27. The van der Waals surface area contributed by atoms with E-state index in [0.717, 1.165) is 27.1 Å². The largest absolute Gasteiger partial charge is 0.466 e. The molecule has 0 aliphatic heterocycles. The van der Waals surface area contributed by atoms with E-state index >= 15 is 0 Å². The number of nitrogens with zero attached hydrogens (tertiary/aromatic N) is 3. The molecular formula is C17H18N4O2S. The molecule has 6 nitrogen and oxygen atoms in total. The Morgan fingerprint density at radius 1 is 1.17 bits per heavy atom. The summed E-state index contributed by atoms with van der Waals surface area (Å²) >= 11 is 1.51. The van der Waals surface area contributed by atoms with Gasteiger partial charge < -0.3 is 14.3 Å². The van der Waals surface area contributed by atoms with Crippen LogP contribution >= 0.6 is 11.8 Å². The Bertz CT molecular complexity index is 881. The van der Waals surface area contributed by atoms with Crippen LogP contribution in [0.1, 0.15) is 27.4 Å². The summed E-state index contributed by atoms with van der Waals surface area (Å²) in [6.45, 7) is 5.55. The van der Waals surface area contributed by atoms with Gasteiger partial charge in [0.05, 0.1) is 5.56 Å². The average Bonchev–Trinajstić information content (AvgIpc) is 3.05. The van der Waals surface area contributed by atoms with E-state index in [4.69, 9.17) is 4.42 Å². The third-order valence-corrected chi connectivity index (χ3v) is 4.84. The van der Waals surface area contributed by atoms with E-state index in [0.29, 0.717) is 11.3 Å². The zero-order valence-electron chi connectivity index (χ0n) is 14.0. The number of furan rings is 1. The van der Waals surface area contributed by atoms with Gasteiger partial charge in [0.25, 0.3) is 5.91 Å². The fourth-order valence-electron chi connectivity index (χ4n) is 2.40. The summed E-state index contributed by atoms with van der Waals surface area (Å²) in [5, 5.41) is 11.6. The lowest BCUT2D eigenvalue weighted by atomic mass is 10.1. The summed E-state index contributed by atoms with van der Waals surface area (Å²) in [4.78, 5) is 13.5. The molecule has 24 heavy (non-hydrogen) atoms. The lowest BCUT2D eigenvalue weighted by molar-refractivity contribution is 0.102. The molecule has 0 aliphatic carbocycles. The van der Waals surface area contributed by atoms with E-state index in [1.807, 2.05) is 49.7 Å². The molecule has 7 heteroatoms. The maximum atomic E-state index is 12.5. The Labute approximate surface area is 144 Å². The Morgan fingerprint density at radius 2 is 1.88 bits per heavy atom. The van der Waals surface area contributed by atoms with Crippen LogP contribution in [-0.2, 0) is 7.05 Å². The summed E-state index contributed by atoms with van der Waals surface area (Å²) in [6, 6.07) is 7.62. The van der Waals surface area contributed by atoms with Crippen molar-refractivity contribution in [1.82, 2.24) is 14.8 Å². The van der Waals surface area contributed by atoms with E-state index in [1.165, 1.54) is 11.8 Å². The van der Waals surface area contributed by atoms with E-state index < -0.39 is 0 Å². The fourth-order valence-corrected chi connectivity index (χ4v) is 3.16. The highest BCUT2D eigenvalue weighted by molar-refractivity contribution is 7.99. The highest BCUT2D eigenvalue weighted by atomic mass is 32.2. The van der Waals surface area contributed by atoms with Crippen molar-refractivity contribution in [2.75, 3.05) is 5.32 Å². The number of hydrogen-bond donors (Lipinski definition) is 1. The number of carbonyl (C=O) groups is 1. The first kappa shape index (κ1) is 16.3. The van der Waals surface area contributed by atoms with Crippen LogP contribution in [0.15, 0.2) is 45.1 Å². The minimum absolute atomic E-state index is 0.157. The first-order valence-electron chi connectivity index (χ1n) is 7.45. The Kier molecular flexibility index (Phi) is 4.44. The standard InChI is InChI=1S/C17H18N4O2S/c1-10-11(2)23-12(3)15(10)16(22)19-13-5-7-14(8-6-13)24-17-20-18-9-21(17)4/h5-9H,1-4H3,(H,19,22). The molecule has 0 atom stereocenters. The number of aromatic nitrogens is 3. The van der Waals surface area contributed by atoms with Crippen LogP contribution in [0.5, 0.6) is 0 Å². The molecule has 0 unspecified atom stereocenters. The molecule has 1 amide bonds. The van der Waals surface area contributed by atoms with Crippen molar-refractivity contribution in [3.8, 4) is 0 Å². The second-order valence-electron chi connectivity index (χ2n) is 5.52. The normalized spacial score (nSPS) is 10.8. The fraction of sp³-hybridized carbons (Fsp3) is 0.235. The van der Waals surface area contributed by atoms with Gasteiger partial charge in [0.1, 0.15) is 17.8 Å². The Hall–Kier alpha value is -2.54. The second kappa shape index (κ2) is 6.52. The zero-order chi connectivity index (χ0) is 17.3. The third kappa shape index (κ3) is 3.21. The molecule has 0 aliphatic rings. The van der Waals surface area contributed by atoms with Crippen LogP contribution in [-0.4, -0.2) is 20.7 Å². The maximum absolute atomic E-state index is 12.5. The molecule has 2 aromatic heterocycles. The molecule has 0 radical (unpaired) electrons. The van der Waals surface area contributed by atoms with Crippen LogP contribution < -0.4 is 5.32 Å². The number of amides is 1. The summed E-state index contributed by atoms with van der Waals surface area (Å²) in [6.07, 6.45) is 1.66. The van der Waals surface area contributed by atoms with Crippen LogP contribution in [0.2, 0.25) is 0 Å². The van der Waals surface area contributed by atoms with Gasteiger partial charge in [-0.2, -0.15) is 0 Å². The van der Waals surface area contributed by atoms with E-state index in [1.54, 1.807) is 13.3 Å². The van der Waals surface area contributed by atoms with E-state index in [-0.39, 0.29) is 5.91 Å². The van der Waals surface area contributed by atoms with Crippen molar-refractivity contribution >= 4 is 23.4 Å². The topological polar surface area (TPSA) is 73.0 Å². The van der Waals surface area contributed by atoms with Gasteiger partial charge in [0.2, 0.25) is 0 Å². The smallest absolute Gasteiger partial charge is 0.259 e. The first-order chi connectivity index (χ1) is 11.5. The van der Waals surface area contributed by atoms with Gasteiger partial charge in [-0.1, -0.05) is 0 Å².